The predicted molar refractivity (Wildman–Crippen MR) is 49.6 cm³/mol. The molecule has 0 spiro atoms. The number of allylic oxidation sites excluding steroid dienone is 4. The summed E-state index contributed by atoms with van der Waals surface area (Å²) < 4.78 is 4.82. The lowest BCUT2D eigenvalue weighted by Crippen LogP contribution is -1.95. The van der Waals surface area contributed by atoms with Crippen LogP contribution in [0.15, 0.2) is 23.5 Å². The maximum Gasteiger partial charge on any atom is 0.307 e. The lowest BCUT2D eigenvalue weighted by Gasteiger charge is -1.98. The van der Waals surface area contributed by atoms with E-state index in [-0.39, 0.29) is 5.97 Å². The monoisotopic (exact) mass is 168 g/mol. The molecule has 0 aromatic rings. The van der Waals surface area contributed by atoms with Crippen molar-refractivity contribution in [1.29, 1.82) is 0 Å². The molecule has 0 fully saturated rings. The summed E-state index contributed by atoms with van der Waals surface area (Å²) >= 11 is 0. The van der Waals surface area contributed by atoms with E-state index in [1.165, 1.54) is 12.5 Å². The van der Waals surface area contributed by atoms with Gasteiger partial charge in [0.15, 0.2) is 0 Å². The Morgan fingerprint density at radius 3 is 2.17 bits per heavy atom. The maximum absolute atomic E-state index is 10.5. The van der Waals surface area contributed by atoms with Crippen LogP contribution in [0.5, 0.6) is 0 Å². The third-order valence-electron chi connectivity index (χ3n) is 1.24. The van der Waals surface area contributed by atoms with Crippen molar-refractivity contribution in [3.05, 3.63) is 23.5 Å². The third kappa shape index (κ3) is 7.06. The zero-order valence-electron chi connectivity index (χ0n) is 8.18. The number of carbonyl (C=O) groups is 1. The first kappa shape index (κ1) is 11.0. The normalized spacial score (nSPS) is 10.8. The zero-order valence-corrected chi connectivity index (χ0v) is 8.18. The summed E-state index contributed by atoms with van der Waals surface area (Å²) in [6.45, 7) is 7.25. The van der Waals surface area contributed by atoms with Crippen LogP contribution in [0.1, 0.15) is 34.1 Å². The Kier molecular flexibility index (Phi) is 5.09. The summed E-state index contributed by atoms with van der Waals surface area (Å²) in [6.07, 6.45) is 4.78. The van der Waals surface area contributed by atoms with Crippen LogP contribution in [0.4, 0.5) is 0 Å². The van der Waals surface area contributed by atoms with Crippen LogP contribution in [-0.2, 0) is 9.53 Å². The molecule has 0 saturated heterocycles. The molecule has 0 saturated carbocycles. The Morgan fingerprint density at radius 2 is 1.75 bits per heavy atom. The van der Waals surface area contributed by atoms with Crippen LogP contribution < -0.4 is 0 Å². The van der Waals surface area contributed by atoms with Crippen LogP contribution >= 0.6 is 0 Å². The van der Waals surface area contributed by atoms with Crippen LogP contribution in [0.3, 0.4) is 0 Å². The van der Waals surface area contributed by atoms with Crippen molar-refractivity contribution in [2.75, 3.05) is 0 Å². The molecule has 0 rings (SSSR count). The standard InChI is InChI=1S/C10H16O2/c1-8(2)6-5-7-9(3)12-10(4)11/h6-7H,5H2,1-4H3. The number of carbonyl (C=O) groups excluding carboxylic acids is 1. The average Bonchev–Trinajstić information content (AvgIpc) is 1.84. The maximum atomic E-state index is 10.5. The summed E-state index contributed by atoms with van der Waals surface area (Å²) in [5.74, 6) is 0.404. The molecule has 0 radical (unpaired) electrons. The van der Waals surface area contributed by atoms with Gasteiger partial charge in [-0.2, -0.15) is 0 Å². The van der Waals surface area contributed by atoms with Gasteiger partial charge < -0.3 is 4.74 Å². The highest BCUT2D eigenvalue weighted by molar-refractivity contribution is 5.67. The van der Waals surface area contributed by atoms with Crippen molar-refractivity contribution in [2.45, 2.75) is 34.1 Å². The van der Waals surface area contributed by atoms with Crippen molar-refractivity contribution >= 4 is 5.97 Å². The van der Waals surface area contributed by atoms with E-state index in [1.54, 1.807) is 6.92 Å². The van der Waals surface area contributed by atoms with Gasteiger partial charge in [-0.05, 0) is 33.3 Å². The van der Waals surface area contributed by atoms with E-state index in [1.807, 2.05) is 19.9 Å². The fourth-order valence-corrected chi connectivity index (χ4v) is 0.729. The summed E-state index contributed by atoms with van der Waals surface area (Å²) in [6, 6.07) is 0. The van der Waals surface area contributed by atoms with Gasteiger partial charge in [0.2, 0.25) is 0 Å². The van der Waals surface area contributed by atoms with Crippen molar-refractivity contribution < 1.29 is 9.53 Å². The molecular weight excluding hydrogens is 152 g/mol. The molecule has 2 heteroatoms. The SMILES string of the molecule is CC(=O)OC(C)=CCC=C(C)C. The Morgan fingerprint density at radius 1 is 1.17 bits per heavy atom. The average molecular weight is 168 g/mol. The first-order valence-corrected chi connectivity index (χ1v) is 4.01. The molecule has 0 aliphatic carbocycles. The Bertz CT molecular complexity index is 208. The second-order valence-corrected chi connectivity index (χ2v) is 2.93. The van der Waals surface area contributed by atoms with Gasteiger partial charge >= 0.3 is 5.97 Å². The van der Waals surface area contributed by atoms with Gasteiger partial charge in [-0.1, -0.05) is 11.6 Å². The van der Waals surface area contributed by atoms with E-state index in [2.05, 4.69) is 6.08 Å². The molecule has 0 aliphatic heterocycles. The molecule has 0 N–H and O–H groups in total. The summed E-state index contributed by atoms with van der Waals surface area (Å²) in [5.41, 5.74) is 1.27. The molecule has 0 aromatic carbocycles. The smallest absolute Gasteiger partial charge is 0.307 e. The molecular formula is C10H16O2. The highest BCUT2D eigenvalue weighted by Crippen LogP contribution is 2.00. The van der Waals surface area contributed by atoms with E-state index in [9.17, 15) is 4.79 Å². The molecule has 0 bridgehead atoms. The number of esters is 1. The fraction of sp³-hybridized carbons (Fsp3) is 0.500. The van der Waals surface area contributed by atoms with Crippen molar-refractivity contribution in [2.24, 2.45) is 0 Å². The van der Waals surface area contributed by atoms with Crippen LogP contribution in [0.25, 0.3) is 0 Å². The van der Waals surface area contributed by atoms with Crippen LogP contribution in [0, 0.1) is 0 Å². The third-order valence-corrected chi connectivity index (χ3v) is 1.24. The second-order valence-electron chi connectivity index (χ2n) is 2.93. The molecule has 0 amide bonds. The van der Waals surface area contributed by atoms with Gasteiger partial charge in [0.1, 0.15) is 5.76 Å². The largest absolute Gasteiger partial charge is 0.432 e. The Balaban J connectivity index is 3.85. The van der Waals surface area contributed by atoms with Gasteiger partial charge in [-0.3, -0.25) is 4.79 Å². The van der Waals surface area contributed by atoms with E-state index in [0.29, 0.717) is 5.76 Å². The van der Waals surface area contributed by atoms with E-state index >= 15 is 0 Å². The Labute approximate surface area is 73.9 Å². The zero-order chi connectivity index (χ0) is 9.56. The molecule has 2 nitrogen and oxygen atoms in total. The van der Waals surface area contributed by atoms with Gasteiger partial charge in [-0.15, -0.1) is 0 Å². The van der Waals surface area contributed by atoms with Gasteiger partial charge in [-0.25, -0.2) is 0 Å². The number of hydrogen-bond donors (Lipinski definition) is 0. The second kappa shape index (κ2) is 5.58. The molecule has 0 aromatic heterocycles. The quantitative estimate of drug-likeness (QED) is 0.368. The van der Waals surface area contributed by atoms with Gasteiger partial charge in [0.05, 0.1) is 0 Å². The number of hydrogen-bond acceptors (Lipinski definition) is 2. The summed E-state index contributed by atoms with van der Waals surface area (Å²) in [4.78, 5) is 10.5. The van der Waals surface area contributed by atoms with Gasteiger partial charge in [0.25, 0.3) is 0 Å². The topological polar surface area (TPSA) is 26.3 Å². The minimum Gasteiger partial charge on any atom is -0.432 e. The summed E-state index contributed by atoms with van der Waals surface area (Å²) in [7, 11) is 0. The molecule has 0 atom stereocenters. The van der Waals surface area contributed by atoms with E-state index in [4.69, 9.17) is 4.74 Å². The first-order chi connectivity index (χ1) is 5.52. The molecule has 0 unspecified atom stereocenters. The summed E-state index contributed by atoms with van der Waals surface area (Å²) in [5, 5.41) is 0. The lowest BCUT2D eigenvalue weighted by atomic mass is 10.2. The lowest BCUT2D eigenvalue weighted by molar-refractivity contribution is -0.136. The van der Waals surface area contributed by atoms with Crippen molar-refractivity contribution in [1.82, 2.24) is 0 Å². The van der Waals surface area contributed by atoms with Gasteiger partial charge in [0, 0.05) is 6.92 Å². The molecule has 0 aliphatic rings. The van der Waals surface area contributed by atoms with Crippen molar-refractivity contribution in [3.63, 3.8) is 0 Å². The van der Waals surface area contributed by atoms with E-state index in [0.717, 1.165) is 6.42 Å². The minimum atomic E-state index is -0.263. The highest BCUT2D eigenvalue weighted by Gasteiger charge is 1.92. The molecule has 12 heavy (non-hydrogen) atoms. The first-order valence-electron chi connectivity index (χ1n) is 4.01. The van der Waals surface area contributed by atoms with Crippen molar-refractivity contribution in [3.8, 4) is 0 Å². The molecule has 0 heterocycles. The van der Waals surface area contributed by atoms with Crippen LogP contribution in [-0.4, -0.2) is 5.97 Å². The highest BCUT2D eigenvalue weighted by atomic mass is 16.5. The molecule has 68 valence electrons. The number of rotatable bonds is 3. The fourth-order valence-electron chi connectivity index (χ4n) is 0.729. The minimum absolute atomic E-state index is 0.263. The van der Waals surface area contributed by atoms with E-state index < -0.39 is 0 Å². The Hall–Kier alpha value is -1.05. The van der Waals surface area contributed by atoms with Crippen LogP contribution in [0.2, 0.25) is 0 Å². The number of ether oxygens (including phenoxy) is 1. The predicted octanol–water partition coefficient (Wildman–Crippen LogP) is 2.81.